The molecule has 1 N–H and O–H groups in total. The highest BCUT2D eigenvalue weighted by molar-refractivity contribution is 7.92. The fourth-order valence-corrected chi connectivity index (χ4v) is 5.99. The number of anilines is 1. The Morgan fingerprint density at radius 1 is 0.872 bits per heavy atom. The summed E-state index contributed by atoms with van der Waals surface area (Å²) < 4.78 is 29.0. The molecule has 0 heterocycles. The molecular formula is C31H39N3O4S. The van der Waals surface area contributed by atoms with Crippen LogP contribution < -0.4 is 9.62 Å². The molecule has 0 saturated carbocycles. The fraction of sp³-hybridized carbons (Fsp3) is 0.355. The maximum atomic E-state index is 14.0. The lowest BCUT2D eigenvalue weighted by molar-refractivity contribution is -0.139. The number of nitrogens with zero attached hydrogens (tertiary/aromatic N) is 2. The molecule has 208 valence electrons. The number of rotatable bonds is 13. The van der Waals surface area contributed by atoms with E-state index in [1.165, 1.54) is 21.3 Å². The molecule has 0 bridgehead atoms. The van der Waals surface area contributed by atoms with Gasteiger partial charge >= 0.3 is 0 Å². The second-order valence-corrected chi connectivity index (χ2v) is 11.4. The molecule has 0 aliphatic carbocycles. The Morgan fingerprint density at radius 3 is 2.13 bits per heavy atom. The van der Waals surface area contributed by atoms with Gasteiger partial charge in [-0.1, -0.05) is 74.5 Å². The topological polar surface area (TPSA) is 86.8 Å². The number of aryl methyl sites for hydroxylation is 1. The van der Waals surface area contributed by atoms with E-state index < -0.39 is 28.5 Å². The van der Waals surface area contributed by atoms with Crippen LogP contribution in [0.5, 0.6) is 0 Å². The number of amides is 2. The Morgan fingerprint density at radius 2 is 1.51 bits per heavy atom. The van der Waals surface area contributed by atoms with Gasteiger partial charge in [-0.3, -0.25) is 13.9 Å². The highest BCUT2D eigenvalue weighted by Crippen LogP contribution is 2.29. The first kappa shape index (κ1) is 29.9. The normalized spacial score (nSPS) is 12.0. The van der Waals surface area contributed by atoms with Crippen LogP contribution in [0, 0.1) is 13.8 Å². The molecule has 7 nitrogen and oxygen atoms in total. The van der Waals surface area contributed by atoms with Crippen LogP contribution >= 0.6 is 0 Å². The molecule has 0 saturated heterocycles. The lowest BCUT2D eigenvalue weighted by Gasteiger charge is -2.33. The largest absolute Gasteiger partial charge is 0.354 e. The SMILES string of the molecule is CCCNC(=O)[C@@H](CC)N(CCc1ccccc1)C(=O)CN(c1cccc(C)c1C)S(=O)(=O)c1ccccc1. The molecular weight excluding hydrogens is 510 g/mol. The van der Waals surface area contributed by atoms with Gasteiger partial charge in [0.2, 0.25) is 11.8 Å². The molecule has 8 heteroatoms. The van der Waals surface area contributed by atoms with Crippen LogP contribution in [0.15, 0.2) is 83.8 Å². The minimum absolute atomic E-state index is 0.0993. The van der Waals surface area contributed by atoms with Crippen molar-refractivity contribution in [3.8, 4) is 0 Å². The first-order valence-corrected chi connectivity index (χ1v) is 14.9. The van der Waals surface area contributed by atoms with Crippen molar-refractivity contribution in [3.63, 3.8) is 0 Å². The third-order valence-electron chi connectivity index (χ3n) is 6.87. The minimum atomic E-state index is -4.07. The number of carbonyl (C=O) groups is 2. The van der Waals surface area contributed by atoms with Crippen LogP contribution in [0.3, 0.4) is 0 Å². The average molecular weight is 550 g/mol. The van der Waals surface area contributed by atoms with Gasteiger partial charge in [0.05, 0.1) is 10.6 Å². The predicted molar refractivity (Wildman–Crippen MR) is 156 cm³/mol. The number of carbonyl (C=O) groups excluding carboxylic acids is 2. The molecule has 3 rings (SSSR count). The molecule has 3 aromatic carbocycles. The second-order valence-electron chi connectivity index (χ2n) is 9.58. The molecule has 0 radical (unpaired) electrons. The van der Waals surface area contributed by atoms with E-state index in [9.17, 15) is 18.0 Å². The van der Waals surface area contributed by atoms with E-state index in [2.05, 4.69) is 5.32 Å². The molecule has 0 spiro atoms. The molecule has 3 aromatic rings. The Labute approximate surface area is 232 Å². The summed E-state index contributed by atoms with van der Waals surface area (Å²) in [5.74, 6) is -0.658. The molecule has 0 aliphatic rings. The number of nitrogens with one attached hydrogen (secondary N) is 1. The molecule has 0 aromatic heterocycles. The first-order valence-electron chi connectivity index (χ1n) is 13.5. The van der Waals surface area contributed by atoms with Crippen molar-refractivity contribution in [1.82, 2.24) is 10.2 Å². The summed E-state index contributed by atoms with van der Waals surface area (Å²) in [7, 11) is -4.07. The van der Waals surface area contributed by atoms with Crippen molar-refractivity contribution in [2.24, 2.45) is 0 Å². The van der Waals surface area contributed by atoms with Crippen molar-refractivity contribution >= 4 is 27.5 Å². The fourth-order valence-electron chi connectivity index (χ4n) is 4.50. The van der Waals surface area contributed by atoms with Crippen molar-refractivity contribution < 1.29 is 18.0 Å². The summed E-state index contributed by atoms with van der Waals surface area (Å²) in [5, 5.41) is 2.91. The van der Waals surface area contributed by atoms with E-state index in [4.69, 9.17) is 0 Å². The van der Waals surface area contributed by atoms with Crippen molar-refractivity contribution in [3.05, 3.63) is 95.6 Å². The number of benzene rings is 3. The van der Waals surface area contributed by atoms with Gasteiger partial charge in [-0.25, -0.2) is 8.42 Å². The third kappa shape index (κ3) is 7.47. The van der Waals surface area contributed by atoms with Gasteiger partial charge < -0.3 is 10.2 Å². The lowest BCUT2D eigenvalue weighted by Crippen LogP contribution is -2.53. The minimum Gasteiger partial charge on any atom is -0.354 e. The van der Waals surface area contributed by atoms with E-state index >= 15 is 0 Å². The second kappa shape index (κ2) is 13.9. The van der Waals surface area contributed by atoms with Crippen LogP contribution in [-0.2, 0) is 26.0 Å². The van der Waals surface area contributed by atoms with Crippen LogP contribution in [-0.4, -0.2) is 50.8 Å². The maximum Gasteiger partial charge on any atom is 0.264 e. The van der Waals surface area contributed by atoms with Gasteiger partial charge in [0.1, 0.15) is 12.6 Å². The van der Waals surface area contributed by atoms with E-state index in [0.717, 1.165) is 23.1 Å². The maximum absolute atomic E-state index is 14.0. The summed E-state index contributed by atoms with van der Waals surface area (Å²) in [6.07, 6.45) is 1.72. The van der Waals surface area contributed by atoms with Crippen molar-refractivity contribution in [1.29, 1.82) is 0 Å². The van der Waals surface area contributed by atoms with Crippen LogP contribution in [0.1, 0.15) is 43.4 Å². The molecule has 2 amide bonds. The predicted octanol–water partition coefficient (Wildman–Crippen LogP) is 4.87. The summed E-state index contributed by atoms with van der Waals surface area (Å²) in [6.45, 7) is 7.96. The van der Waals surface area contributed by atoms with Crippen molar-refractivity contribution in [2.45, 2.75) is 57.9 Å². The Balaban J connectivity index is 2.03. The Bertz CT molecular complexity index is 1340. The highest BCUT2D eigenvalue weighted by atomic mass is 32.2. The van der Waals surface area contributed by atoms with Crippen molar-refractivity contribution in [2.75, 3.05) is 23.9 Å². The van der Waals surface area contributed by atoms with E-state index in [1.54, 1.807) is 30.3 Å². The average Bonchev–Trinajstić information content (AvgIpc) is 2.95. The van der Waals surface area contributed by atoms with Crippen LogP contribution in [0.2, 0.25) is 0 Å². The number of sulfonamides is 1. The zero-order valence-electron chi connectivity index (χ0n) is 23.3. The van der Waals surface area contributed by atoms with Gasteiger partial charge in [0, 0.05) is 13.1 Å². The van der Waals surface area contributed by atoms with E-state index in [1.807, 2.05) is 64.1 Å². The van der Waals surface area contributed by atoms with Gasteiger partial charge in [0.25, 0.3) is 10.0 Å². The zero-order chi connectivity index (χ0) is 28.4. The zero-order valence-corrected chi connectivity index (χ0v) is 24.1. The monoisotopic (exact) mass is 549 g/mol. The Kier molecular flexibility index (Phi) is 10.7. The number of hydrogen-bond acceptors (Lipinski definition) is 4. The smallest absolute Gasteiger partial charge is 0.264 e. The molecule has 1 atom stereocenters. The molecule has 39 heavy (non-hydrogen) atoms. The molecule has 0 unspecified atom stereocenters. The van der Waals surface area contributed by atoms with E-state index in [-0.39, 0.29) is 17.3 Å². The van der Waals surface area contributed by atoms with Crippen LogP contribution in [0.4, 0.5) is 5.69 Å². The summed E-state index contributed by atoms with van der Waals surface area (Å²) in [6, 6.07) is 22.6. The summed E-state index contributed by atoms with van der Waals surface area (Å²) in [5.41, 5.74) is 3.16. The highest BCUT2D eigenvalue weighted by Gasteiger charge is 2.33. The van der Waals surface area contributed by atoms with Gasteiger partial charge in [0.15, 0.2) is 0 Å². The Hall–Kier alpha value is -3.65. The van der Waals surface area contributed by atoms with E-state index in [0.29, 0.717) is 25.1 Å². The van der Waals surface area contributed by atoms with Gasteiger partial charge in [-0.2, -0.15) is 0 Å². The van der Waals surface area contributed by atoms with Gasteiger partial charge in [-0.15, -0.1) is 0 Å². The van der Waals surface area contributed by atoms with Gasteiger partial charge in [-0.05, 0) is 68.0 Å². The summed E-state index contributed by atoms with van der Waals surface area (Å²) in [4.78, 5) is 28.8. The lowest BCUT2D eigenvalue weighted by atomic mass is 10.1. The summed E-state index contributed by atoms with van der Waals surface area (Å²) >= 11 is 0. The standard InChI is InChI=1S/C31H39N3O4S/c1-5-21-32-31(36)28(6-2)33(22-20-26-15-9-7-10-16-26)30(35)23-34(29-19-13-14-24(3)25(29)4)39(37,38)27-17-11-8-12-18-27/h7-19,28H,5-6,20-23H2,1-4H3,(H,32,36)/t28-/m1/s1. The quantitative estimate of drug-likeness (QED) is 0.329. The number of hydrogen-bond donors (Lipinski definition) is 1. The molecule has 0 aliphatic heterocycles. The first-order chi connectivity index (χ1) is 18.7. The van der Waals surface area contributed by atoms with Crippen LogP contribution in [0.25, 0.3) is 0 Å². The third-order valence-corrected chi connectivity index (χ3v) is 8.65. The molecule has 0 fully saturated rings.